The molecule has 0 saturated carbocycles. The molecule has 1 unspecified atom stereocenters. The number of thioether (sulfide) groups is 1. The quantitative estimate of drug-likeness (QED) is 0.831. The molecule has 0 radical (unpaired) electrons. The molecule has 0 amide bonds. The monoisotopic (exact) mass is 300 g/mol. The second-order valence-electron chi connectivity index (χ2n) is 3.79. The number of ether oxygens (including phenoxy) is 1. The average molecular weight is 300 g/mol. The Bertz CT molecular complexity index is 536. The number of halogens is 1. The van der Waals surface area contributed by atoms with Crippen molar-refractivity contribution in [1.29, 1.82) is 0 Å². The SMILES string of the molecule is Cc1nnc(SCC(O)COc2ccccc2F)s1. The van der Waals surface area contributed by atoms with Gasteiger partial charge in [0.05, 0.1) is 6.10 Å². The first-order valence-corrected chi connectivity index (χ1v) is 7.43. The van der Waals surface area contributed by atoms with E-state index in [0.717, 1.165) is 9.35 Å². The van der Waals surface area contributed by atoms with Gasteiger partial charge in [-0.2, -0.15) is 0 Å². The first kappa shape index (κ1) is 14.2. The Morgan fingerprint density at radius 2 is 2.21 bits per heavy atom. The molecule has 1 aromatic heterocycles. The molecule has 1 atom stereocenters. The molecule has 0 bridgehead atoms. The van der Waals surface area contributed by atoms with Crippen molar-refractivity contribution in [3.05, 3.63) is 35.1 Å². The molecule has 2 aromatic rings. The van der Waals surface area contributed by atoms with Crippen molar-refractivity contribution >= 4 is 23.1 Å². The second-order valence-corrected chi connectivity index (χ2v) is 6.24. The maximum absolute atomic E-state index is 13.3. The van der Waals surface area contributed by atoms with E-state index in [0.29, 0.717) is 5.75 Å². The van der Waals surface area contributed by atoms with Crippen LogP contribution in [0, 0.1) is 12.7 Å². The lowest BCUT2D eigenvalue weighted by Crippen LogP contribution is -2.20. The third-order valence-electron chi connectivity index (χ3n) is 2.17. The van der Waals surface area contributed by atoms with E-state index in [9.17, 15) is 9.50 Å². The van der Waals surface area contributed by atoms with Crippen molar-refractivity contribution in [1.82, 2.24) is 10.2 Å². The molecule has 2 rings (SSSR count). The van der Waals surface area contributed by atoms with E-state index in [-0.39, 0.29) is 12.4 Å². The summed E-state index contributed by atoms with van der Waals surface area (Å²) < 4.78 is 19.3. The van der Waals surface area contributed by atoms with Crippen LogP contribution in [0.1, 0.15) is 5.01 Å². The van der Waals surface area contributed by atoms with Gasteiger partial charge in [-0.3, -0.25) is 0 Å². The zero-order chi connectivity index (χ0) is 13.7. The topological polar surface area (TPSA) is 55.2 Å². The lowest BCUT2D eigenvalue weighted by atomic mass is 10.3. The predicted octanol–water partition coefficient (Wildman–Crippen LogP) is 2.52. The van der Waals surface area contributed by atoms with Gasteiger partial charge in [0.2, 0.25) is 0 Å². The van der Waals surface area contributed by atoms with Crippen LogP contribution in [0.3, 0.4) is 0 Å². The summed E-state index contributed by atoms with van der Waals surface area (Å²) in [5.41, 5.74) is 0. The molecule has 0 aliphatic rings. The smallest absolute Gasteiger partial charge is 0.174 e. The number of aryl methyl sites for hydroxylation is 1. The van der Waals surface area contributed by atoms with Crippen molar-refractivity contribution in [3.8, 4) is 5.75 Å². The number of rotatable bonds is 6. The Kier molecular flexibility index (Phi) is 5.12. The van der Waals surface area contributed by atoms with Crippen LogP contribution >= 0.6 is 23.1 Å². The van der Waals surface area contributed by atoms with E-state index in [2.05, 4.69) is 10.2 Å². The zero-order valence-electron chi connectivity index (χ0n) is 10.2. The number of nitrogens with zero attached hydrogens (tertiary/aromatic N) is 2. The van der Waals surface area contributed by atoms with Gasteiger partial charge < -0.3 is 9.84 Å². The van der Waals surface area contributed by atoms with E-state index >= 15 is 0 Å². The van der Waals surface area contributed by atoms with Crippen LogP contribution < -0.4 is 4.74 Å². The summed E-state index contributed by atoms with van der Waals surface area (Å²) in [6.07, 6.45) is -0.686. The largest absolute Gasteiger partial charge is 0.488 e. The van der Waals surface area contributed by atoms with Gasteiger partial charge in [0.25, 0.3) is 0 Å². The highest BCUT2D eigenvalue weighted by atomic mass is 32.2. The second kappa shape index (κ2) is 6.83. The van der Waals surface area contributed by atoms with Crippen molar-refractivity contribution in [2.24, 2.45) is 0 Å². The molecule has 102 valence electrons. The number of hydrogen-bond donors (Lipinski definition) is 1. The van der Waals surface area contributed by atoms with Gasteiger partial charge in [0, 0.05) is 5.75 Å². The third kappa shape index (κ3) is 4.45. The number of para-hydroxylation sites is 1. The van der Waals surface area contributed by atoms with Crippen molar-refractivity contribution in [2.75, 3.05) is 12.4 Å². The highest BCUT2D eigenvalue weighted by Crippen LogP contribution is 2.23. The Hall–Kier alpha value is -1.18. The van der Waals surface area contributed by atoms with E-state index < -0.39 is 11.9 Å². The molecule has 1 heterocycles. The van der Waals surface area contributed by atoms with Gasteiger partial charge in [-0.25, -0.2) is 4.39 Å². The van der Waals surface area contributed by atoms with Crippen molar-refractivity contribution in [3.63, 3.8) is 0 Å². The van der Waals surface area contributed by atoms with Gasteiger partial charge in [0.1, 0.15) is 11.6 Å². The summed E-state index contributed by atoms with van der Waals surface area (Å²) in [7, 11) is 0. The summed E-state index contributed by atoms with van der Waals surface area (Å²) in [5.74, 6) is 0.156. The molecule has 0 aliphatic carbocycles. The van der Waals surface area contributed by atoms with Crippen molar-refractivity contribution in [2.45, 2.75) is 17.4 Å². The summed E-state index contributed by atoms with van der Waals surface area (Å²) >= 11 is 2.89. The molecule has 1 aromatic carbocycles. The number of hydrogen-bond acceptors (Lipinski definition) is 6. The maximum Gasteiger partial charge on any atom is 0.174 e. The van der Waals surface area contributed by atoms with Crippen LogP contribution in [0.2, 0.25) is 0 Å². The first-order chi connectivity index (χ1) is 9.15. The van der Waals surface area contributed by atoms with Crippen LogP contribution in [0.4, 0.5) is 4.39 Å². The van der Waals surface area contributed by atoms with Gasteiger partial charge in [-0.1, -0.05) is 35.2 Å². The number of aliphatic hydroxyl groups excluding tert-OH is 1. The molecule has 4 nitrogen and oxygen atoms in total. The fourth-order valence-electron chi connectivity index (χ4n) is 1.30. The summed E-state index contributed by atoms with van der Waals surface area (Å²) in [4.78, 5) is 0. The molecule has 1 N–H and O–H groups in total. The molecular formula is C12H13FN2O2S2. The van der Waals surface area contributed by atoms with Gasteiger partial charge in [-0.05, 0) is 19.1 Å². The molecule has 19 heavy (non-hydrogen) atoms. The number of aliphatic hydroxyl groups is 1. The Labute approximate surface area is 118 Å². The fraction of sp³-hybridized carbons (Fsp3) is 0.333. The molecule has 0 spiro atoms. The van der Waals surface area contributed by atoms with E-state index in [4.69, 9.17) is 4.74 Å². The average Bonchev–Trinajstić information content (AvgIpc) is 2.81. The Balaban J connectivity index is 1.76. The standard InChI is InChI=1S/C12H13FN2O2S2/c1-8-14-15-12(19-8)18-7-9(16)6-17-11-5-3-2-4-10(11)13/h2-5,9,16H,6-7H2,1H3. The number of benzene rings is 1. The summed E-state index contributed by atoms with van der Waals surface area (Å²) in [5, 5.41) is 18.5. The van der Waals surface area contributed by atoms with Gasteiger partial charge >= 0.3 is 0 Å². The minimum Gasteiger partial charge on any atom is -0.488 e. The van der Waals surface area contributed by atoms with Crippen molar-refractivity contribution < 1.29 is 14.2 Å². The van der Waals surface area contributed by atoms with Gasteiger partial charge in [0.15, 0.2) is 15.9 Å². The molecule has 0 aliphatic heterocycles. The lowest BCUT2D eigenvalue weighted by molar-refractivity contribution is 0.123. The minimum absolute atomic E-state index is 0.0473. The normalized spacial score (nSPS) is 12.4. The maximum atomic E-state index is 13.3. The molecule has 0 fully saturated rings. The Morgan fingerprint density at radius 3 is 2.89 bits per heavy atom. The predicted molar refractivity (Wildman–Crippen MR) is 73.3 cm³/mol. The number of aromatic nitrogens is 2. The van der Waals surface area contributed by atoms with Crippen LogP contribution in [0.15, 0.2) is 28.6 Å². The van der Waals surface area contributed by atoms with Crippen LogP contribution in [0.25, 0.3) is 0 Å². The van der Waals surface area contributed by atoms with E-state index in [1.807, 2.05) is 6.92 Å². The first-order valence-electron chi connectivity index (χ1n) is 5.63. The lowest BCUT2D eigenvalue weighted by Gasteiger charge is -2.11. The molecule has 0 saturated heterocycles. The van der Waals surface area contributed by atoms with Crippen LogP contribution in [0.5, 0.6) is 5.75 Å². The van der Waals surface area contributed by atoms with Gasteiger partial charge in [-0.15, -0.1) is 10.2 Å². The zero-order valence-corrected chi connectivity index (χ0v) is 11.9. The van der Waals surface area contributed by atoms with Crippen LogP contribution in [-0.2, 0) is 0 Å². The minimum atomic E-state index is -0.686. The highest BCUT2D eigenvalue weighted by Gasteiger charge is 2.10. The van der Waals surface area contributed by atoms with Crippen LogP contribution in [-0.4, -0.2) is 33.8 Å². The summed E-state index contributed by atoms with van der Waals surface area (Å²) in [6, 6.07) is 6.12. The summed E-state index contributed by atoms with van der Waals surface area (Å²) in [6.45, 7) is 1.92. The van der Waals surface area contributed by atoms with E-state index in [1.54, 1.807) is 12.1 Å². The van der Waals surface area contributed by atoms with E-state index in [1.165, 1.54) is 35.2 Å². The fourth-order valence-corrected chi connectivity index (χ4v) is 3.05. The third-order valence-corrected chi connectivity index (χ3v) is 4.29. The highest BCUT2D eigenvalue weighted by molar-refractivity contribution is 8.01. The molecular weight excluding hydrogens is 287 g/mol. The Morgan fingerprint density at radius 1 is 1.42 bits per heavy atom. The molecule has 7 heteroatoms.